The van der Waals surface area contributed by atoms with Crippen molar-refractivity contribution in [1.82, 2.24) is 19.7 Å². The van der Waals surface area contributed by atoms with Gasteiger partial charge in [0.05, 0.1) is 23.6 Å². The lowest BCUT2D eigenvalue weighted by molar-refractivity contribution is 0.103. The van der Waals surface area contributed by atoms with Gasteiger partial charge in [0.25, 0.3) is 5.56 Å². The number of ether oxygens (including phenoxy) is 1. The van der Waals surface area contributed by atoms with Crippen molar-refractivity contribution in [3.05, 3.63) is 105 Å². The van der Waals surface area contributed by atoms with Crippen LogP contribution in [0, 0.1) is 0 Å². The summed E-state index contributed by atoms with van der Waals surface area (Å²) >= 11 is 0. The smallest absolute Gasteiger partial charge is 0.254 e. The van der Waals surface area contributed by atoms with E-state index in [1.165, 1.54) is 0 Å². The SMILES string of the molecule is CCc1nc(CCCOc2c(C(=O)c3ccccc3)cccc2-n2ccc(C(C)C)n2)[nH]c(=O)c1CC. The normalized spacial score (nSPS) is 11.2. The van der Waals surface area contributed by atoms with E-state index >= 15 is 0 Å². The number of carbonyl (C=O) groups is 1. The molecule has 37 heavy (non-hydrogen) atoms. The molecule has 1 N–H and O–H groups in total. The lowest BCUT2D eigenvalue weighted by Gasteiger charge is -2.16. The minimum absolute atomic E-state index is 0.0639. The van der Waals surface area contributed by atoms with Crippen molar-refractivity contribution in [2.24, 2.45) is 0 Å². The first-order chi connectivity index (χ1) is 17.9. The number of hydrogen-bond donors (Lipinski definition) is 1. The van der Waals surface area contributed by atoms with E-state index in [4.69, 9.17) is 9.84 Å². The summed E-state index contributed by atoms with van der Waals surface area (Å²) in [5.74, 6) is 1.32. The van der Waals surface area contributed by atoms with Gasteiger partial charge in [0, 0.05) is 23.7 Å². The largest absolute Gasteiger partial charge is 0.491 e. The molecule has 0 aliphatic rings. The first-order valence-corrected chi connectivity index (χ1v) is 12.9. The van der Waals surface area contributed by atoms with Gasteiger partial charge in [-0.25, -0.2) is 9.67 Å². The zero-order chi connectivity index (χ0) is 26.4. The van der Waals surface area contributed by atoms with E-state index in [1.54, 1.807) is 22.9 Å². The third kappa shape index (κ3) is 5.88. The fourth-order valence-corrected chi connectivity index (χ4v) is 4.35. The number of carbonyl (C=O) groups excluding carboxylic acids is 1. The number of ketones is 1. The predicted octanol–water partition coefficient (Wildman–Crippen LogP) is 5.45. The number of rotatable bonds is 11. The molecule has 192 valence electrons. The molecule has 4 aromatic rings. The highest BCUT2D eigenvalue weighted by molar-refractivity contribution is 6.11. The Morgan fingerprint density at radius 3 is 2.49 bits per heavy atom. The Labute approximate surface area is 217 Å². The standard InChI is InChI=1S/C30H34N4O3/c1-5-22-24(6-2)31-27(32-30(22)36)16-11-19-37-29-23(28(35)21-12-8-7-9-13-21)14-10-15-26(29)34-18-17-25(33-34)20(3)4/h7-10,12-15,17-18,20H,5-6,11,16,19H2,1-4H3,(H,31,32,36). The van der Waals surface area contributed by atoms with E-state index in [0.717, 1.165) is 23.4 Å². The van der Waals surface area contributed by atoms with E-state index in [2.05, 4.69) is 23.8 Å². The number of H-pyrrole nitrogens is 1. The van der Waals surface area contributed by atoms with Crippen LogP contribution >= 0.6 is 0 Å². The molecular formula is C30H34N4O3. The van der Waals surface area contributed by atoms with Crippen LogP contribution in [0.2, 0.25) is 0 Å². The third-order valence-corrected chi connectivity index (χ3v) is 6.37. The Kier molecular flexibility index (Phi) is 8.33. The van der Waals surface area contributed by atoms with Gasteiger partial charge >= 0.3 is 0 Å². The maximum absolute atomic E-state index is 13.4. The second-order valence-corrected chi connectivity index (χ2v) is 9.29. The maximum atomic E-state index is 13.4. The van der Waals surface area contributed by atoms with Crippen molar-refractivity contribution in [1.29, 1.82) is 0 Å². The van der Waals surface area contributed by atoms with Crippen molar-refractivity contribution in [3.63, 3.8) is 0 Å². The van der Waals surface area contributed by atoms with Crippen LogP contribution in [-0.4, -0.2) is 32.1 Å². The summed E-state index contributed by atoms with van der Waals surface area (Å²) in [4.78, 5) is 33.4. The molecule has 0 aliphatic carbocycles. The van der Waals surface area contributed by atoms with Crippen molar-refractivity contribution < 1.29 is 9.53 Å². The summed E-state index contributed by atoms with van der Waals surface area (Å²) in [6.45, 7) is 8.51. The summed E-state index contributed by atoms with van der Waals surface area (Å²) in [7, 11) is 0. The summed E-state index contributed by atoms with van der Waals surface area (Å²) < 4.78 is 8.05. The number of nitrogens with one attached hydrogen (secondary N) is 1. The van der Waals surface area contributed by atoms with Crippen LogP contribution in [0.1, 0.15) is 78.7 Å². The Morgan fingerprint density at radius 1 is 1.03 bits per heavy atom. The molecule has 0 saturated heterocycles. The van der Waals surface area contributed by atoms with Crippen LogP contribution in [0.25, 0.3) is 5.69 Å². The van der Waals surface area contributed by atoms with E-state index < -0.39 is 0 Å². The van der Waals surface area contributed by atoms with Crippen LogP contribution in [0.4, 0.5) is 0 Å². The quantitative estimate of drug-likeness (QED) is 0.219. The molecule has 7 nitrogen and oxygen atoms in total. The summed E-state index contributed by atoms with van der Waals surface area (Å²) in [5.41, 5.74) is 4.29. The second kappa shape index (κ2) is 11.8. The molecule has 0 saturated carbocycles. The van der Waals surface area contributed by atoms with Crippen LogP contribution < -0.4 is 10.3 Å². The van der Waals surface area contributed by atoms with E-state index in [-0.39, 0.29) is 17.3 Å². The van der Waals surface area contributed by atoms with Gasteiger partial charge in [-0.15, -0.1) is 0 Å². The van der Waals surface area contributed by atoms with Gasteiger partial charge in [-0.1, -0.05) is 64.1 Å². The van der Waals surface area contributed by atoms with Gasteiger partial charge in [-0.3, -0.25) is 9.59 Å². The number of nitrogens with zero attached hydrogens (tertiary/aromatic N) is 3. The maximum Gasteiger partial charge on any atom is 0.254 e. The number of aryl methyl sites for hydroxylation is 2. The highest BCUT2D eigenvalue weighted by Crippen LogP contribution is 2.30. The highest BCUT2D eigenvalue weighted by Gasteiger charge is 2.20. The second-order valence-electron chi connectivity index (χ2n) is 9.29. The predicted molar refractivity (Wildman–Crippen MR) is 145 cm³/mol. The van der Waals surface area contributed by atoms with Gasteiger partial charge in [0.15, 0.2) is 11.5 Å². The summed E-state index contributed by atoms with van der Waals surface area (Å²) in [6.07, 6.45) is 4.47. The first-order valence-electron chi connectivity index (χ1n) is 12.9. The molecule has 2 heterocycles. The molecule has 0 aliphatic heterocycles. The molecule has 0 radical (unpaired) electrons. The lowest BCUT2D eigenvalue weighted by atomic mass is 10.0. The van der Waals surface area contributed by atoms with Crippen LogP contribution in [-0.2, 0) is 19.3 Å². The number of hydrogen-bond acceptors (Lipinski definition) is 5. The van der Waals surface area contributed by atoms with E-state index in [1.807, 2.05) is 56.4 Å². The molecule has 2 aromatic carbocycles. The number of para-hydroxylation sites is 1. The zero-order valence-electron chi connectivity index (χ0n) is 22.0. The average Bonchev–Trinajstić information content (AvgIpc) is 3.41. The molecule has 0 amide bonds. The van der Waals surface area contributed by atoms with Crippen molar-refractivity contribution in [2.45, 2.75) is 59.3 Å². The Hall–Kier alpha value is -4.00. The number of aromatic nitrogens is 4. The number of benzene rings is 2. The minimum Gasteiger partial charge on any atom is -0.491 e. The first kappa shape index (κ1) is 26.1. The molecule has 0 spiro atoms. The van der Waals surface area contributed by atoms with Crippen molar-refractivity contribution in [2.75, 3.05) is 6.61 Å². The summed E-state index contributed by atoms with van der Waals surface area (Å²) in [5, 5.41) is 4.71. The van der Waals surface area contributed by atoms with E-state index in [0.29, 0.717) is 54.3 Å². The zero-order valence-corrected chi connectivity index (χ0v) is 22.0. The molecule has 4 rings (SSSR count). The topological polar surface area (TPSA) is 89.9 Å². The molecule has 0 bridgehead atoms. The van der Waals surface area contributed by atoms with Crippen molar-refractivity contribution in [3.8, 4) is 11.4 Å². The molecule has 0 unspecified atom stereocenters. The molecule has 2 aromatic heterocycles. The van der Waals surface area contributed by atoms with Crippen LogP contribution in [0.3, 0.4) is 0 Å². The van der Waals surface area contributed by atoms with Crippen LogP contribution in [0.5, 0.6) is 5.75 Å². The Balaban J connectivity index is 1.60. The van der Waals surface area contributed by atoms with E-state index in [9.17, 15) is 9.59 Å². The summed E-state index contributed by atoms with van der Waals surface area (Å²) in [6, 6.07) is 16.7. The van der Waals surface area contributed by atoms with Gasteiger partial charge in [-0.2, -0.15) is 5.10 Å². The highest BCUT2D eigenvalue weighted by atomic mass is 16.5. The molecule has 7 heteroatoms. The van der Waals surface area contributed by atoms with Gasteiger partial charge in [0.2, 0.25) is 0 Å². The fourth-order valence-electron chi connectivity index (χ4n) is 4.35. The minimum atomic E-state index is -0.109. The van der Waals surface area contributed by atoms with Gasteiger partial charge in [0.1, 0.15) is 11.5 Å². The van der Waals surface area contributed by atoms with Gasteiger partial charge < -0.3 is 9.72 Å². The van der Waals surface area contributed by atoms with Gasteiger partial charge in [-0.05, 0) is 43.4 Å². The van der Waals surface area contributed by atoms with Crippen molar-refractivity contribution >= 4 is 5.78 Å². The lowest BCUT2D eigenvalue weighted by Crippen LogP contribution is -2.20. The molecule has 0 fully saturated rings. The Morgan fingerprint density at radius 2 is 1.81 bits per heavy atom. The third-order valence-electron chi connectivity index (χ3n) is 6.37. The Bertz CT molecular complexity index is 1420. The molecule has 0 atom stereocenters. The fraction of sp³-hybridized carbons (Fsp3) is 0.333. The molecular weight excluding hydrogens is 464 g/mol. The van der Waals surface area contributed by atoms with Crippen LogP contribution in [0.15, 0.2) is 65.6 Å². The average molecular weight is 499 g/mol. The monoisotopic (exact) mass is 498 g/mol. The number of aromatic amines is 1.